The van der Waals surface area contributed by atoms with Gasteiger partial charge in [0.1, 0.15) is 5.75 Å². The van der Waals surface area contributed by atoms with Crippen LogP contribution in [0.4, 0.5) is 5.69 Å². The molecule has 0 atom stereocenters. The van der Waals surface area contributed by atoms with E-state index in [9.17, 15) is 9.59 Å². The molecule has 0 aromatic heterocycles. The number of carboxylic acids is 1. The molecule has 1 saturated heterocycles. The van der Waals surface area contributed by atoms with Gasteiger partial charge in [-0.2, -0.15) is 0 Å². The Labute approximate surface area is 161 Å². The summed E-state index contributed by atoms with van der Waals surface area (Å²) in [5.41, 5.74) is 3.94. The number of aliphatic carboxylic acids is 1. The number of aliphatic imine (C=N–C) groups is 1. The maximum Gasteiger partial charge on any atom is 0.341 e. The molecule has 1 fully saturated rings. The lowest BCUT2D eigenvalue weighted by Gasteiger charge is -2.03. The van der Waals surface area contributed by atoms with Crippen molar-refractivity contribution in [2.24, 2.45) is 4.99 Å². The highest BCUT2D eigenvalue weighted by Gasteiger charge is 2.23. The molecule has 0 radical (unpaired) electrons. The van der Waals surface area contributed by atoms with E-state index in [2.05, 4.69) is 10.3 Å². The van der Waals surface area contributed by atoms with Gasteiger partial charge in [-0.05, 0) is 72.6 Å². The van der Waals surface area contributed by atoms with Crippen molar-refractivity contribution >= 4 is 40.6 Å². The van der Waals surface area contributed by atoms with Crippen LogP contribution in [0.15, 0.2) is 52.4 Å². The normalized spacial score (nSPS) is 16.6. The predicted octanol–water partition coefficient (Wildman–Crippen LogP) is 3.66. The number of aryl methyl sites for hydroxylation is 2. The van der Waals surface area contributed by atoms with Gasteiger partial charge in [-0.3, -0.25) is 4.79 Å². The van der Waals surface area contributed by atoms with Gasteiger partial charge in [-0.25, -0.2) is 9.79 Å². The Hall–Kier alpha value is -3.06. The van der Waals surface area contributed by atoms with Crippen molar-refractivity contribution in [2.75, 3.05) is 6.61 Å². The fourth-order valence-electron chi connectivity index (χ4n) is 2.35. The van der Waals surface area contributed by atoms with Crippen LogP contribution < -0.4 is 10.1 Å². The van der Waals surface area contributed by atoms with Crippen LogP contribution >= 0.6 is 11.8 Å². The van der Waals surface area contributed by atoms with Crippen LogP contribution in [0.5, 0.6) is 5.75 Å². The van der Waals surface area contributed by atoms with Crippen molar-refractivity contribution in [3.05, 3.63) is 64.1 Å². The Bertz CT molecular complexity index is 949. The molecular formula is C20H18N2O4S. The molecule has 1 aliphatic heterocycles. The Morgan fingerprint density at radius 2 is 1.93 bits per heavy atom. The largest absolute Gasteiger partial charge is 0.482 e. The molecule has 2 aromatic rings. The minimum Gasteiger partial charge on any atom is -0.482 e. The minimum absolute atomic E-state index is 0.200. The zero-order chi connectivity index (χ0) is 19.4. The van der Waals surface area contributed by atoms with E-state index in [4.69, 9.17) is 9.84 Å². The van der Waals surface area contributed by atoms with Crippen molar-refractivity contribution in [3.63, 3.8) is 0 Å². The Morgan fingerprint density at radius 3 is 2.59 bits per heavy atom. The van der Waals surface area contributed by atoms with Crippen LogP contribution in [0.1, 0.15) is 16.7 Å². The molecule has 0 aliphatic carbocycles. The highest BCUT2D eigenvalue weighted by Crippen LogP contribution is 2.29. The molecule has 7 heteroatoms. The standard InChI is InChI=1S/C20H18N2O4S/c1-12-3-6-15(9-13(12)2)21-20-22-19(25)17(27-20)10-14-4-7-16(8-5-14)26-11-18(23)24/h3-10H,11H2,1-2H3,(H,23,24)(H,21,22,25)/b17-10+. The summed E-state index contributed by atoms with van der Waals surface area (Å²) in [5.74, 6) is -0.773. The molecule has 0 spiro atoms. The van der Waals surface area contributed by atoms with Gasteiger partial charge in [0.05, 0.1) is 10.6 Å². The molecule has 2 N–H and O–H groups in total. The third-order valence-electron chi connectivity index (χ3n) is 3.91. The lowest BCUT2D eigenvalue weighted by atomic mass is 10.1. The summed E-state index contributed by atoms with van der Waals surface area (Å²) in [5, 5.41) is 11.9. The van der Waals surface area contributed by atoms with E-state index < -0.39 is 12.6 Å². The number of amides is 1. The van der Waals surface area contributed by atoms with Crippen LogP contribution in [-0.2, 0) is 9.59 Å². The zero-order valence-corrected chi connectivity index (χ0v) is 15.7. The van der Waals surface area contributed by atoms with Gasteiger partial charge in [-0.15, -0.1) is 0 Å². The molecule has 0 saturated carbocycles. The Morgan fingerprint density at radius 1 is 1.19 bits per heavy atom. The van der Waals surface area contributed by atoms with Gasteiger partial charge in [0.15, 0.2) is 11.8 Å². The third kappa shape index (κ3) is 4.98. The fourth-order valence-corrected chi connectivity index (χ4v) is 3.19. The van der Waals surface area contributed by atoms with Gasteiger partial charge in [0, 0.05) is 0 Å². The molecule has 3 rings (SSSR count). The van der Waals surface area contributed by atoms with Gasteiger partial charge >= 0.3 is 5.97 Å². The highest BCUT2D eigenvalue weighted by atomic mass is 32.2. The number of hydrogen-bond acceptors (Lipinski definition) is 5. The lowest BCUT2D eigenvalue weighted by molar-refractivity contribution is -0.139. The SMILES string of the molecule is Cc1ccc(N=C2NC(=O)/C(=C\c3ccc(OCC(=O)O)cc3)S2)cc1C. The monoisotopic (exact) mass is 382 g/mol. The quantitative estimate of drug-likeness (QED) is 0.771. The predicted molar refractivity (Wildman–Crippen MR) is 106 cm³/mol. The summed E-state index contributed by atoms with van der Waals surface area (Å²) in [4.78, 5) is 27.7. The maximum atomic E-state index is 12.2. The number of thioether (sulfide) groups is 1. The molecule has 27 heavy (non-hydrogen) atoms. The summed E-state index contributed by atoms with van der Waals surface area (Å²) in [7, 11) is 0. The first-order chi connectivity index (χ1) is 12.9. The van der Waals surface area contributed by atoms with Crippen LogP contribution in [-0.4, -0.2) is 28.8 Å². The van der Waals surface area contributed by atoms with Crippen molar-refractivity contribution in [3.8, 4) is 5.75 Å². The van der Waals surface area contributed by atoms with Crippen LogP contribution in [0.25, 0.3) is 6.08 Å². The number of ether oxygens (including phenoxy) is 1. The van der Waals surface area contributed by atoms with Crippen molar-refractivity contribution in [2.45, 2.75) is 13.8 Å². The van der Waals surface area contributed by atoms with Gasteiger partial charge in [-0.1, -0.05) is 18.2 Å². The number of nitrogens with one attached hydrogen (secondary N) is 1. The second-order valence-electron chi connectivity index (χ2n) is 6.00. The minimum atomic E-state index is -1.03. The first-order valence-electron chi connectivity index (χ1n) is 8.22. The van der Waals surface area contributed by atoms with E-state index in [1.54, 1.807) is 30.3 Å². The zero-order valence-electron chi connectivity index (χ0n) is 14.9. The summed E-state index contributed by atoms with van der Waals surface area (Å²) < 4.78 is 5.09. The van der Waals surface area contributed by atoms with Crippen molar-refractivity contribution < 1.29 is 19.4 Å². The summed E-state index contributed by atoms with van der Waals surface area (Å²) in [6.45, 7) is 3.67. The van der Waals surface area contributed by atoms with E-state index in [0.717, 1.165) is 16.8 Å². The number of benzene rings is 2. The summed E-state index contributed by atoms with van der Waals surface area (Å²) >= 11 is 1.28. The van der Waals surface area contributed by atoms with E-state index >= 15 is 0 Å². The highest BCUT2D eigenvalue weighted by molar-refractivity contribution is 8.18. The molecule has 0 unspecified atom stereocenters. The van der Waals surface area contributed by atoms with Crippen LogP contribution in [0, 0.1) is 13.8 Å². The summed E-state index contributed by atoms with van der Waals surface area (Å²) in [6.07, 6.45) is 1.75. The molecule has 1 amide bonds. The number of amidine groups is 1. The number of carboxylic acid groups (broad SMARTS) is 1. The fraction of sp³-hybridized carbons (Fsp3) is 0.150. The van der Waals surface area contributed by atoms with Gasteiger partial charge < -0.3 is 15.2 Å². The maximum absolute atomic E-state index is 12.2. The van der Waals surface area contributed by atoms with Gasteiger partial charge in [0.2, 0.25) is 0 Å². The summed E-state index contributed by atoms with van der Waals surface area (Å²) in [6, 6.07) is 12.7. The van der Waals surface area contributed by atoms with Gasteiger partial charge in [0.25, 0.3) is 5.91 Å². The molecule has 6 nitrogen and oxygen atoms in total. The van der Waals surface area contributed by atoms with E-state index in [1.165, 1.54) is 17.3 Å². The average molecular weight is 382 g/mol. The molecule has 1 heterocycles. The molecular weight excluding hydrogens is 364 g/mol. The van der Waals surface area contributed by atoms with Crippen molar-refractivity contribution in [1.82, 2.24) is 5.32 Å². The molecule has 0 bridgehead atoms. The third-order valence-corrected chi connectivity index (χ3v) is 4.82. The topological polar surface area (TPSA) is 88.0 Å². The van der Waals surface area contributed by atoms with E-state index in [0.29, 0.717) is 15.8 Å². The number of carbonyl (C=O) groups is 2. The second kappa shape index (κ2) is 8.09. The van der Waals surface area contributed by atoms with Crippen molar-refractivity contribution in [1.29, 1.82) is 0 Å². The average Bonchev–Trinajstić information content (AvgIpc) is 2.96. The Kier molecular flexibility index (Phi) is 5.61. The second-order valence-corrected chi connectivity index (χ2v) is 7.03. The molecule has 2 aromatic carbocycles. The first kappa shape index (κ1) is 18.7. The van der Waals surface area contributed by atoms with Crippen LogP contribution in [0.3, 0.4) is 0 Å². The molecule has 1 aliphatic rings. The number of rotatable bonds is 5. The Balaban J connectivity index is 1.72. The number of nitrogens with zero attached hydrogens (tertiary/aromatic N) is 1. The first-order valence-corrected chi connectivity index (χ1v) is 9.04. The van der Waals surface area contributed by atoms with Crippen LogP contribution in [0.2, 0.25) is 0 Å². The number of carbonyl (C=O) groups excluding carboxylic acids is 1. The molecule has 138 valence electrons. The number of hydrogen-bond donors (Lipinski definition) is 2. The van der Waals surface area contributed by atoms with E-state index in [1.807, 2.05) is 32.0 Å². The lowest BCUT2D eigenvalue weighted by Crippen LogP contribution is -2.19. The van der Waals surface area contributed by atoms with E-state index in [-0.39, 0.29) is 5.91 Å². The smallest absolute Gasteiger partial charge is 0.341 e.